The van der Waals surface area contributed by atoms with Gasteiger partial charge in [-0.25, -0.2) is 0 Å². The van der Waals surface area contributed by atoms with Crippen LogP contribution in [0, 0.1) is 0 Å². The predicted octanol–water partition coefficient (Wildman–Crippen LogP) is 3.05. The van der Waals surface area contributed by atoms with E-state index in [4.69, 9.17) is 11.6 Å². The van der Waals surface area contributed by atoms with Gasteiger partial charge in [-0.05, 0) is 0 Å². The Labute approximate surface area is 114 Å². The average molecular weight is 400 g/mol. The number of nitrogens with zero attached hydrogens (tertiary/aromatic N) is 1. The standard InChI is InChI=1S/C10H10ClIN2Se/c11-7-1-3-9(4-2-7)14-10-13-5-8(12)6-15-10/h1-4,8H,5-6H2,(H,13,14). The molecule has 5 heteroatoms. The molecule has 80 valence electrons. The van der Waals surface area contributed by atoms with Gasteiger partial charge in [0.05, 0.1) is 0 Å². The normalized spacial score (nSPS) is 20.9. The van der Waals surface area contributed by atoms with Crippen LogP contribution in [0.25, 0.3) is 0 Å². The molecule has 0 saturated heterocycles. The second-order valence-electron chi connectivity index (χ2n) is 3.19. The van der Waals surface area contributed by atoms with Gasteiger partial charge in [0, 0.05) is 0 Å². The first-order valence-electron chi connectivity index (χ1n) is 4.58. The molecule has 1 aromatic rings. The number of hydrogen-bond acceptors (Lipinski definition) is 2. The van der Waals surface area contributed by atoms with E-state index in [2.05, 4.69) is 32.9 Å². The third kappa shape index (κ3) is 3.63. The van der Waals surface area contributed by atoms with Gasteiger partial charge in [0.1, 0.15) is 0 Å². The van der Waals surface area contributed by atoms with Gasteiger partial charge in [-0.3, -0.25) is 0 Å². The summed E-state index contributed by atoms with van der Waals surface area (Å²) in [5.74, 6) is 0. The van der Waals surface area contributed by atoms with E-state index in [9.17, 15) is 0 Å². The number of hydrogen-bond donors (Lipinski definition) is 1. The summed E-state index contributed by atoms with van der Waals surface area (Å²) in [6, 6.07) is 7.75. The van der Waals surface area contributed by atoms with Crippen molar-refractivity contribution in [3.05, 3.63) is 29.3 Å². The zero-order valence-corrected chi connectivity index (χ0v) is 12.5. The summed E-state index contributed by atoms with van der Waals surface area (Å²) in [5.41, 5.74) is 1.08. The molecule has 1 aliphatic heterocycles. The van der Waals surface area contributed by atoms with Crippen molar-refractivity contribution in [1.29, 1.82) is 0 Å². The summed E-state index contributed by atoms with van der Waals surface area (Å²) in [6.07, 6.45) is 0. The molecule has 0 aliphatic carbocycles. The van der Waals surface area contributed by atoms with Crippen molar-refractivity contribution in [1.82, 2.24) is 0 Å². The fraction of sp³-hybridized carbons (Fsp3) is 0.300. The first-order valence-corrected chi connectivity index (χ1v) is 8.27. The van der Waals surface area contributed by atoms with Crippen LogP contribution in [0.5, 0.6) is 0 Å². The van der Waals surface area contributed by atoms with Gasteiger partial charge in [0.15, 0.2) is 0 Å². The molecule has 15 heavy (non-hydrogen) atoms. The van der Waals surface area contributed by atoms with Crippen LogP contribution in [0.15, 0.2) is 29.3 Å². The van der Waals surface area contributed by atoms with Gasteiger partial charge in [-0.1, -0.05) is 0 Å². The number of rotatable bonds is 1. The second-order valence-corrected chi connectivity index (χ2v) is 7.50. The third-order valence-corrected chi connectivity index (χ3v) is 6.61. The number of halogens is 2. The number of nitrogens with one attached hydrogen (secondary N) is 1. The third-order valence-electron chi connectivity index (χ3n) is 1.93. The molecule has 1 aliphatic rings. The Bertz CT molecular complexity index is 366. The Morgan fingerprint density at radius 1 is 1.40 bits per heavy atom. The summed E-state index contributed by atoms with van der Waals surface area (Å²) in [6.45, 7) is 0.943. The molecule has 1 atom stereocenters. The molecule has 1 N–H and O–H groups in total. The predicted molar refractivity (Wildman–Crippen MR) is 75.7 cm³/mol. The molecular weight excluding hydrogens is 389 g/mol. The molecule has 1 heterocycles. The van der Waals surface area contributed by atoms with Gasteiger partial charge in [-0.2, -0.15) is 0 Å². The first kappa shape index (κ1) is 11.7. The maximum atomic E-state index is 5.82. The fourth-order valence-corrected chi connectivity index (χ4v) is 4.12. The zero-order chi connectivity index (χ0) is 10.7. The van der Waals surface area contributed by atoms with Gasteiger partial charge < -0.3 is 0 Å². The summed E-state index contributed by atoms with van der Waals surface area (Å²) in [7, 11) is 0. The van der Waals surface area contributed by atoms with Crippen molar-refractivity contribution in [2.45, 2.75) is 9.24 Å². The molecule has 2 rings (SSSR count). The van der Waals surface area contributed by atoms with Crippen LogP contribution in [-0.4, -0.2) is 30.2 Å². The van der Waals surface area contributed by atoms with Crippen LogP contribution in [0.2, 0.25) is 10.3 Å². The van der Waals surface area contributed by atoms with E-state index >= 15 is 0 Å². The van der Waals surface area contributed by atoms with Crippen molar-refractivity contribution in [3.63, 3.8) is 0 Å². The number of benzene rings is 1. The zero-order valence-electron chi connectivity index (χ0n) is 7.91. The molecule has 0 fully saturated rings. The Hall–Kier alpha value is 0.229. The Kier molecular flexibility index (Phi) is 4.31. The Balaban J connectivity index is 2.00. The van der Waals surface area contributed by atoms with E-state index in [1.165, 1.54) is 5.32 Å². The molecule has 0 amide bonds. The van der Waals surface area contributed by atoms with Crippen molar-refractivity contribution in [2.24, 2.45) is 4.99 Å². The second kappa shape index (κ2) is 5.53. The van der Waals surface area contributed by atoms with E-state index in [1.54, 1.807) is 0 Å². The van der Waals surface area contributed by atoms with E-state index < -0.39 is 0 Å². The molecule has 0 bridgehead atoms. The topological polar surface area (TPSA) is 24.4 Å². The van der Waals surface area contributed by atoms with Crippen LogP contribution >= 0.6 is 34.2 Å². The number of aliphatic imine (C=N–C) groups is 1. The number of anilines is 1. The summed E-state index contributed by atoms with van der Waals surface area (Å²) in [4.78, 5) is 4.52. The van der Waals surface area contributed by atoms with Gasteiger partial charge in [0.25, 0.3) is 0 Å². The van der Waals surface area contributed by atoms with Crippen molar-refractivity contribution < 1.29 is 0 Å². The fourth-order valence-electron chi connectivity index (χ4n) is 1.18. The quantitative estimate of drug-likeness (QED) is 0.438. The van der Waals surface area contributed by atoms with E-state index in [0.717, 1.165) is 25.9 Å². The van der Waals surface area contributed by atoms with E-state index in [1.807, 2.05) is 24.3 Å². The average Bonchev–Trinajstić information content (AvgIpc) is 2.25. The summed E-state index contributed by atoms with van der Waals surface area (Å²) in [5, 5.41) is 5.38. The van der Waals surface area contributed by atoms with Crippen LogP contribution in [0.3, 0.4) is 0 Å². The molecule has 0 saturated carbocycles. The summed E-state index contributed by atoms with van der Waals surface area (Å²) >= 11 is 8.77. The van der Waals surface area contributed by atoms with E-state index in [0.29, 0.717) is 15.0 Å². The monoisotopic (exact) mass is 400 g/mol. The molecular formula is C10H10ClIN2Se. The van der Waals surface area contributed by atoms with E-state index in [-0.39, 0.29) is 0 Å². The number of alkyl halides is 1. The minimum atomic E-state index is 0.490. The van der Waals surface area contributed by atoms with Crippen LogP contribution in [0.4, 0.5) is 5.69 Å². The molecule has 0 radical (unpaired) electrons. The van der Waals surface area contributed by atoms with Crippen LogP contribution in [0.1, 0.15) is 0 Å². The molecule has 2 nitrogen and oxygen atoms in total. The maximum absolute atomic E-state index is 5.82. The molecule has 0 aromatic heterocycles. The van der Waals surface area contributed by atoms with Gasteiger partial charge >= 0.3 is 115 Å². The Morgan fingerprint density at radius 2 is 2.13 bits per heavy atom. The minimum absolute atomic E-state index is 0.490. The molecule has 1 aromatic carbocycles. The first-order chi connectivity index (χ1) is 7.24. The molecule has 1 unspecified atom stereocenters. The van der Waals surface area contributed by atoms with Crippen molar-refractivity contribution >= 4 is 59.6 Å². The van der Waals surface area contributed by atoms with Crippen molar-refractivity contribution in [3.8, 4) is 0 Å². The number of amidine groups is 1. The van der Waals surface area contributed by atoms with Gasteiger partial charge in [-0.15, -0.1) is 0 Å². The molecule has 0 spiro atoms. The van der Waals surface area contributed by atoms with Crippen molar-refractivity contribution in [2.75, 3.05) is 11.9 Å². The Morgan fingerprint density at radius 3 is 2.73 bits per heavy atom. The van der Waals surface area contributed by atoms with Crippen LogP contribution < -0.4 is 5.32 Å². The van der Waals surface area contributed by atoms with Gasteiger partial charge in [0.2, 0.25) is 0 Å². The SMILES string of the molecule is Clc1ccc(NC2=NCC(I)C[Se]2)cc1. The van der Waals surface area contributed by atoms with Crippen LogP contribution in [-0.2, 0) is 0 Å². The summed E-state index contributed by atoms with van der Waals surface area (Å²) < 4.78 is 1.87.